The van der Waals surface area contributed by atoms with Crippen molar-refractivity contribution in [3.05, 3.63) is 17.7 Å². The van der Waals surface area contributed by atoms with Crippen molar-refractivity contribution in [2.45, 2.75) is 0 Å². The van der Waals surface area contributed by atoms with E-state index < -0.39 is 0 Å². The highest BCUT2D eigenvalue weighted by molar-refractivity contribution is 6.28. The minimum Gasteiger partial charge on any atom is -0.489 e. The van der Waals surface area contributed by atoms with Crippen LogP contribution in [0.4, 0.5) is 0 Å². The zero-order chi connectivity index (χ0) is 8.10. The van der Waals surface area contributed by atoms with Crippen LogP contribution in [0.1, 0.15) is 0 Å². The predicted molar refractivity (Wildman–Crippen MR) is 41.6 cm³/mol. The fraction of sp³-hybridized carbons (Fsp3) is 0.333. The first-order valence-corrected chi connectivity index (χ1v) is 3.51. The molecule has 0 aliphatic rings. The number of aromatic nitrogens is 2. The summed E-state index contributed by atoms with van der Waals surface area (Å²) in [6, 6.07) is 0. The van der Waals surface area contributed by atoms with Crippen LogP contribution >= 0.6 is 11.6 Å². The third-order valence-corrected chi connectivity index (χ3v) is 1.18. The summed E-state index contributed by atoms with van der Waals surface area (Å²) in [6.07, 6.45) is 3.01. The lowest BCUT2D eigenvalue weighted by atomic mass is 10.6. The monoisotopic (exact) mass is 173 g/mol. The number of hydrogen-bond donors (Lipinski definition) is 1. The van der Waals surface area contributed by atoms with Crippen LogP contribution in [-0.2, 0) is 0 Å². The second-order valence-corrected chi connectivity index (χ2v) is 2.16. The van der Waals surface area contributed by atoms with E-state index in [0.29, 0.717) is 18.9 Å². The lowest BCUT2D eigenvalue weighted by Gasteiger charge is -2.01. The summed E-state index contributed by atoms with van der Waals surface area (Å²) < 4.78 is 5.10. The second-order valence-electron chi connectivity index (χ2n) is 1.82. The fourth-order valence-corrected chi connectivity index (χ4v) is 0.649. The Bertz CT molecular complexity index is 214. The topological polar surface area (TPSA) is 61.0 Å². The van der Waals surface area contributed by atoms with Gasteiger partial charge in [-0.15, -0.1) is 0 Å². The normalized spacial score (nSPS) is 9.64. The highest BCUT2D eigenvalue weighted by Gasteiger charge is 1.93. The molecule has 5 heteroatoms. The van der Waals surface area contributed by atoms with Crippen LogP contribution in [0.5, 0.6) is 5.75 Å². The van der Waals surface area contributed by atoms with E-state index in [4.69, 9.17) is 22.1 Å². The maximum absolute atomic E-state index is 5.44. The minimum atomic E-state index is 0.213. The number of nitrogens with two attached hydrogens (primary N) is 1. The third kappa shape index (κ3) is 2.69. The molecule has 1 aromatic rings. The molecule has 0 aliphatic heterocycles. The van der Waals surface area contributed by atoms with Crippen LogP contribution in [0.2, 0.25) is 5.28 Å². The molecule has 2 N–H and O–H groups in total. The van der Waals surface area contributed by atoms with Gasteiger partial charge in [-0.25, -0.2) is 9.97 Å². The summed E-state index contributed by atoms with van der Waals surface area (Å²) in [6.45, 7) is 0.938. The summed E-state index contributed by atoms with van der Waals surface area (Å²) >= 11 is 5.44. The molecule has 0 spiro atoms. The van der Waals surface area contributed by atoms with Crippen molar-refractivity contribution in [1.29, 1.82) is 0 Å². The molecule has 1 heterocycles. The van der Waals surface area contributed by atoms with Crippen molar-refractivity contribution < 1.29 is 4.74 Å². The summed E-state index contributed by atoms with van der Waals surface area (Å²) in [5, 5.41) is 0.213. The lowest BCUT2D eigenvalue weighted by molar-refractivity contribution is 0.325. The molecule has 0 unspecified atom stereocenters. The van der Waals surface area contributed by atoms with Crippen molar-refractivity contribution >= 4 is 11.6 Å². The van der Waals surface area contributed by atoms with Crippen molar-refractivity contribution in [3.63, 3.8) is 0 Å². The molecule has 0 aliphatic carbocycles. The van der Waals surface area contributed by atoms with Crippen molar-refractivity contribution in [3.8, 4) is 5.75 Å². The molecule has 11 heavy (non-hydrogen) atoms. The van der Waals surface area contributed by atoms with Crippen LogP contribution in [0.3, 0.4) is 0 Å². The van der Waals surface area contributed by atoms with Gasteiger partial charge in [-0.3, -0.25) is 0 Å². The Hall–Kier alpha value is -0.870. The average Bonchev–Trinajstić information content (AvgIpc) is 2.04. The van der Waals surface area contributed by atoms with E-state index in [1.54, 1.807) is 0 Å². The maximum Gasteiger partial charge on any atom is 0.222 e. The van der Waals surface area contributed by atoms with Gasteiger partial charge in [-0.1, -0.05) is 0 Å². The van der Waals surface area contributed by atoms with Crippen molar-refractivity contribution in [2.75, 3.05) is 13.2 Å². The fourth-order valence-electron chi connectivity index (χ4n) is 0.552. The van der Waals surface area contributed by atoms with E-state index >= 15 is 0 Å². The van der Waals surface area contributed by atoms with Gasteiger partial charge >= 0.3 is 0 Å². The molecule has 0 fully saturated rings. The van der Waals surface area contributed by atoms with Gasteiger partial charge in [0.25, 0.3) is 0 Å². The first-order chi connectivity index (χ1) is 5.33. The van der Waals surface area contributed by atoms with Gasteiger partial charge in [0, 0.05) is 6.54 Å². The number of hydrogen-bond acceptors (Lipinski definition) is 4. The Labute approximate surface area is 69.4 Å². The smallest absolute Gasteiger partial charge is 0.222 e. The van der Waals surface area contributed by atoms with Crippen LogP contribution in [0, 0.1) is 0 Å². The van der Waals surface area contributed by atoms with E-state index in [-0.39, 0.29) is 5.28 Å². The Morgan fingerprint density at radius 3 is 2.64 bits per heavy atom. The zero-order valence-corrected chi connectivity index (χ0v) is 6.58. The van der Waals surface area contributed by atoms with Gasteiger partial charge < -0.3 is 10.5 Å². The second kappa shape index (κ2) is 4.10. The standard InChI is InChI=1S/C6H8ClN3O/c7-6-9-3-5(4-10-6)11-2-1-8/h3-4H,1-2,8H2. The molecule has 60 valence electrons. The largest absolute Gasteiger partial charge is 0.489 e. The Morgan fingerprint density at radius 2 is 2.09 bits per heavy atom. The van der Waals surface area contributed by atoms with Gasteiger partial charge in [0.05, 0.1) is 12.4 Å². The molecule has 1 aromatic heterocycles. The van der Waals surface area contributed by atoms with E-state index in [0.717, 1.165) is 0 Å². The first-order valence-electron chi connectivity index (χ1n) is 3.13. The number of nitrogens with zero attached hydrogens (tertiary/aromatic N) is 2. The SMILES string of the molecule is NCCOc1cnc(Cl)nc1. The van der Waals surface area contributed by atoms with E-state index in [9.17, 15) is 0 Å². The average molecular weight is 174 g/mol. The number of rotatable bonds is 3. The number of halogens is 1. The number of ether oxygens (including phenoxy) is 1. The van der Waals surface area contributed by atoms with Gasteiger partial charge in [0.1, 0.15) is 6.61 Å². The van der Waals surface area contributed by atoms with Crippen LogP contribution in [-0.4, -0.2) is 23.1 Å². The summed E-state index contributed by atoms with van der Waals surface area (Å²) in [7, 11) is 0. The molecule has 0 aromatic carbocycles. The lowest BCUT2D eigenvalue weighted by Crippen LogP contribution is -2.10. The predicted octanol–water partition coefficient (Wildman–Crippen LogP) is 0.467. The third-order valence-electron chi connectivity index (χ3n) is 0.983. The molecular weight excluding hydrogens is 166 g/mol. The summed E-state index contributed by atoms with van der Waals surface area (Å²) in [5.74, 6) is 0.583. The highest BCUT2D eigenvalue weighted by Crippen LogP contribution is 2.07. The maximum atomic E-state index is 5.44. The Morgan fingerprint density at radius 1 is 1.45 bits per heavy atom. The van der Waals surface area contributed by atoms with Crippen LogP contribution in [0.15, 0.2) is 12.4 Å². The van der Waals surface area contributed by atoms with Gasteiger partial charge in [-0.05, 0) is 11.6 Å². The molecule has 0 radical (unpaired) electrons. The van der Waals surface area contributed by atoms with E-state index in [1.165, 1.54) is 12.4 Å². The minimum absolute atomic E-state index is 0.213. The van der Waals surface area contributed by atoms with E-state index in [2.05, 4.69) is 9.97 Å². The van der Waals surface area contributed by atoms with Crippen LogP contribution < -0.4 is 10.5 Å². The molecule has 0 atom stereocenters. The van der Waals surface area contributed by atoms with Crippen LogP contribution in [0.25, 0.3) is 0 Å². The molecule has 0 saturated heterocycles. The quantitative estimate of drug-likeness (QED) is 0.675. The Balaban J connectivity index is 2.52. The first kappa shape index (κ1) is 8.23. The van der Waals surface area contributed by atoms with E-state index in [1.807, 2.05) is 0 Å². The molecular formula is C6H8ClN3O. The van der Waals surface area contributed by atoms with Gasteiger partial charge in [0.15, 0.2) is 5.75 Å². The summed E-state index contributed by atoms with van der Waals surface area (Å²) in [4.78, 5) is 7.44. The highest BCUT2D eigenvalue weighted by atomic mass is 35.5. The molecule has 0 saturated carbocycles. The van der Waals surface area contributed by atoms with Crippen molar-refractivity contribution in [2.24, 2.45) is 5.73 Å². The molecule has 0 bridgehead atoms. The molecule has 0 amide bonds. The molecule has 4 nitrogen and oxygen atoms in total. The van der Waals surface area contributed by atoms with Gasteiger partial charge in [-0.2, -0.15) is 0 Å². The van der Waals surface area contributed by atoms with Crippen molar-refractivity contribution in [1.82, 2.24) is 9.97 Å². The Kier molecular flexibility index (Phi) is 3.07. The van der Waals surface area contributed by atoms with Gasteiger partial charge in [0.2, 0.25) is 5.28 Å². The zero-order valence-electron chi connectivity index (χ0n) is 5.83. The molecule has 1 rings (SSSR count). The summed E-state index contributed by atoms with van der Waals surface area (Å²) in [5.41, 5.74) is 5.21.